The molecule has 0 aliphatic heterocycles. The van der Waals surface area contributed by atoms with Gasteiger partial charge in [0.1, 0.15) is 12.4 Å². The molecule has 4 rings (SSSR count). The van der Waals surface area contributed by atoms with Gasteiger partial charge in [-0.1, -0.05) is 34.1 Å². The lowest BCUT2D eigenvalue weighted by atomic mass is 10.2. The second kappa shape index (κ2) is 6.72. The molecule has 0 atom stereocenters. The Kier molecular flexibility index (Phi) is 4.28. The molecule has 2 aromatic heterocycles. The Morgan fingerprint density at radius 1 is 1.20 bits per heavy atom. The topological polar surface area (TPSA) is 62.7 Å². The number of rotatable bonds is 5. The molecule has 1 amide bonds. The second-order valence-corrected chi connectivity index (χ2v) is 6.86. The maximum absolute atomic E-state index is 12.2. The first kappa shape index (κ1) is 15.9. The van der Waals surface area contributed by atoms with Gasteiger partial charge in [-0.05, 0) is 35.7 Å². The van der Waals surface area contributed by atoms with Crippen molar-refractivity contribution in [2.75, 3.05) is 6.54 Å². The van der Waals surface area contributed by atoms with Gasteiger partial charge >= 0.3 is 0 Å². The zero-order valence-electron chi connectivity index (χ0n) is 13.5. The van der Waals surface area contributed by atoms with Gasteiger partial charge in [-0.3, -0.25) is 4.79 Å². The average Bonchev–Trinajstić information content (AvgIpc) is 3.18. The Labute approximate surface area is 153 Å². The highest BCUT2D eigenvalue weighted by molar-refractivity contribution is 9.10. The zero-order chi connectivity index (χ0) is 17.2. The lowest BCUT2D eigenvalue weighted by molar-refractivity contribution is -0.121. The van der Waals surface area contributed by atoms with Crippen LogP contribution in [-0.4, -0.2) is 27.0 Å². The van der Waals surface area contributed by atoms with E-state index in [9.17, 15) is 4.79 Å². The zero-order valence-corrected chi connectivity index (χ0v) is 15.1. The van der Waals surface area contributed by atoms with E-state index < -0.39 is 0 Å². The van der Waals surface area contributed by atoms with Crippen molar-refractivity contribution in [3.63, 3.8) is 0 Å². The molecule has 2 heterocycles. The van der Waals surface area contributed by atoms with Crippen molar-refractivity contribution in [2.45, 2.75) is 13.0 Å². The summed E-state index contributed by atoms with van der Waals surface area (Å²) in [4.78, 5) is 20.0. The second-order valence-electron chi connectivity index (χ2n) is 5.95. The molecule has 0 aliphatic carbocycles. The lowest BCUT2D eigenvalue weighted by Crippen LogP contribution is -2.29. The summed E-state index contributed by atoms with van der Waals surface area (Å²) in [5.41, 5.74) is 3.02. The fourth-order valence-corrected chi connectivity index (χ4v) is 3.30. The highest BCUT2D eigenvalue weighted by Crippen LogP contribution is 2.20. The van der Waals surface area contributed by atoms with Crippen LogP contribution < -0.4 is 5.32 Å². The van der Waals surface area contributed by atoms with E-state index in [-0.39, 0.29) is 5.91 Å². The van der Waals surface area contributed by atoms with Crippen LogP contribution in [0.2, 0.25) is 0 Å². The number of imidazole rings is 1. The van der Waals surface area contributed by atoms with E-state index in [0.717, 1.165) is 32.2 Å². The van der Waals surface area contributed by atoms with Gasteiger partial charge in [0.2, 0.25) is 5.91 Å². The maximum atomic E-state index is 12.2. The number of amides is 1. The Morgan fingerprint density at radius 3 is 2.96 bits per heavy atom. The molecular formula is C19H17BrN4O. The van der Waals surface area contributed by atoms with Crippen LogP contribution in [0.15, 0.2) is 59.2 Å². The molecule has 0 bridgehead atoms. The van der Waals surface area contributed by atoms with Crippen molar-refractivity contribution in [1.29, 1.82) is 0 Å². The van der Waals surface area contributed by atoms with Crippen molar-refractivity contribution in [2.24, 2.45) is 0 Å². The van der Waals surface area contributed by atoms with Gasteiger partial charge in [0.25, 0.3) is 0 Å². The number of aromatic amines is 1. The number of nitrogens with one attached hydrogen (secondary N) is 2. The van der Waals surface area contributed by atoms with Crippen molar-refractivity contribution >= 4 is 43.8 Å². The van der Waals surface area contributed by atoms with Crippen molar-refractivity contribution < 1.29 is 4.79 Å². The summed E-state index contributed by atoms with van der Waals surface area (Å²) in [7, 11) is 0. The summed E-state index contributed by atoms with van der Waals surface area (Å²) >= 11 is 3.48. The van der Waals surface area contributed by atoms with E-state index in [1.165, 1.54) is 0 Å². The molecule has 0 saturated heterocycles. The first-order chi connectivity index (χ1) is 12.2. The fraction of sp³-hybridized carbons (Fsp3) is 0.158. The van der Waals surface area contributed by atoms with Crippen molar-refractivity contribution in [3.05, 3.63) is 65.0 Å². The minimum absolute atomic E-state index is 0.00594. The molecule has 126 valence electrons. The number of hydrogen-bond acceptors (Lipinski definition) is 2. The van der Waals surface area contributed by atoms with Gasteiger partial charge in [-0.15, -0.1) is 0 Å². The summed E-state index contributed by atoms with van der Waals surface area (Å²) in [6.45, 7) is 0.863. The molecule has 6 heteroatoms. The van der Waals surface area contributed by atoms with E-state index in [0.29, 0.717) is 19.5 Å². The summed E-state index contributed by atoms with van der Waals surface area (Å²) < 4.78 is 2.96. The number of aromatic nitrogens is 3. The van der Waals surface area contributed by atoms with Gasteiger partial charge in [0.05, 0.1) is 11.0 Å². The number of carbonyl (C=O) groups excluding carboxylic acids is 1. The molecule has 4 aromatic rings. The maximum Gasteiger partial charge on any atom is 0.239 e. The number of para-hydroxylation sites is 2. The number of H-pyrrole nitrogens is 1. The van der Waals surface area contributed by atoms with Crippen LogP contribution in [0.1, 0.15) is 5.82 Å². The highest BCUT2D eigenvalue weighted by Gasteiger charge is 2.07. The molecule has 0 aliphatic rings. The Morgan fingerprint density at radius 2 is 2.08 bits per heavy atom. The molecule has 0 radical (unpaired) electrons. The molecule has 2 aromatic carbocycles. The van der Waals surface area contributed by atoms with Crippen LogP contribution >= 0.6 is 15.9 Å². The van der Waals surface area contributed by atoms with E-state index in [1.54, 1.807) is 0 Å². The van der Waals surface area contributed by atoms with E-state index in [4.69, 9.17) is 0 Å². The standard InChI is InChI=1S/C19H17BrN4O/c20-14-6-5-13-8-10-24(17(13)11-14)12-19(25)21-9-7-18-22-15-3-1-2-4-16(15)23-18/h1-6,8,10-11H,7,9,12H2,(H,21,25)(H,22,23). The van der Waals surface area contributed by atoms with E-state index in [1.807, 2.05) is 59.3 Å². The van der Waals surface area contributed by atoms with Crippen molar-refractivity contribution in [3.8, 4) is 0 Å². The van der Waals surface area contributed by atoms with Gasteiger partial charge in [0.15, 0.2) is 0 Å². The first-order valence-corrected chi connectivity index (χ1v) is 8.93. The van der Waals surface area contributed by atoms with E-state index in [2.05, 4.69) is 31.2 Å². The number of fused-ring (bicyclic) bond motifs is 2. The summed E-state index contributed by atoms with van der Waals surface area (Å²) in [5, 5.41) is 4.08. The molecule has 0 saturated carbocycles. The van der Waals surface area contributed by atoms with Gasteiger partial charge in [-0.25, -0.2) is 4.98 Å². The van der Waals surface area contributed by atoms with Crippen LogP contribution in [0.5, 0.6) is 0 Å². The Balaban J connectivity index is 1.36. The minimum Gasteiger partial charge on any atom is -0.354 e. The molecule has 5 nitrogen and oxygen atoms in total. The minimum atomic E-state index is -0.00594. The fourth-order valence-electron chi connectivity index (χ4n) is 2.95. The quantitative estimate of drug-likeness (QED) is 0.540. The summed E-state index contributed by atoms with van der Waals surface area (Å²) in [6, 6.07) is 16.0. The highest BCUT2D eigenvalue weighted by atomic mass is 79.9. The van der Waals surface area contributed by atoms with Gasteiger partial charge in [-0.2, -0.15) is 0 Å². The molecular weight excluding hydrogens is 380 g/mol. The monoisotopic (exact) mass is 396 g/mol. The predicted molar refractivity (Wildman–Crippen MR) is 102 cm³/mol. The third-order valence-electron chi connectivity index (χ3n) is 4.17. The molecule has 0 spiro atoms. The number of halogens is 1. The molecule has 25 heavy (non-hydrogen) atoms. The van der Waals surface area contributed by atoms with Gasteiger partial charge < -0.3 is 14.9 Å². The first-order valence-electron chi connectivity index (χ1n) is 8.14. The Bertz CT molecular complexity index is 1020. The van der Waals surface area contributed by atoms with Crippen molar-refractivity contribution in [1.82, 2.24) is 19.9 Å². The van der Waals surface area contributed by atoms with Crippen LogP contribution in [0.25, 0.3) is 21.9 Å². The lowest BCUT2D eigenvalue weighted by Gasteiger charge is -2.07. The van der Waals surface area contributed by atoms with Crippen LogP contribution in [0.3, 0.4) is 0 Å². The number of benzene rings is 2. The normalized spacial score (nSPS) is 11.2. The summed E-state index contributed by atoms with van der Waals surface area (Å²) in [5.74, 6) is 0.880. The van der Waals surface area contributed by atoms with Crippen LogP contribution in [0.4, 0.5) is 0 Å². The number of nitrogens with zero attached hydrogens (tertiary/aromatic N) is 2. The molecule has 0 unspecified atom stereocenters. The Hall–Kier alpha value is -2.60. The molecule has 0 fully saturated rings. The number of hydrogen-bond donors (Lipinski definition) is 2. The third-order valence-corrected chi connectivity index (χ3v) is 4.67. The van der Waals surface area contributed by atoms with Crippen LogP contribution in [-0.2, 0) is 17.8 Å². The SMILES string of the molecule is O=C(Cn1ccc2ccc(Br)cc21)NCCc1nc2ccccc2[nH]1. The third kappa shape index (κ3) is 3.44. The predicted octanol–water partition coefficient (Wildman–Crippen LogP) is 3.64. The van der Waals surface area contributed by atoms with Crippen LogP contribution in [0, 0.1) is 0 Å². The van der Waals surface area contributed by atoms with Gasteiger partial charge in [0, 0.05) is 29.2 Å². The molecule has 2 N–H and O–H groups in total. The smallest absolute Gasteiger partial charge is 0.239 e. The number of carbonyl (C=O) groups is 1. The average molecular weight is 397 g/mol. The van der Waals surface area contributed by atoms with E-state index >= 15 is 0 Å². The summed E-state index contributed by atoms with van der Waals surface area (Å²) in [6.07, 6.45) is 2.62. The largest absolute Gasteiger partial charge is 0.354 e.